The van der Waals surface area contributed by atoms with E-state index in [1.54, 1.807) is 11.3 Å². The summed E-state index contributed by atoms with van der Waals surface area (Å²) in [6, 6.07) is -0.153. The van der Waals surface area contributed by atoms with E-state index < -0.39 is 0 Å². The van der Waals surface area contributed by atoms with Crippen molar-refractivity contribution in [2.45, 2.75) is 52.0 Å². The van der Waals surface area contributed by atoms with Crippen LogP contribution < -0.4 is 0 Å². The molecule has 2 rings (SSSR count). The van der Waals surface area contributed by atoms with E-state index in [0.29, 0.717) is 13.2 Å². The first-order valence-corrected chi connectivity index (χ1v) is 7.85. The van der Waals surface area contributed by atoms with Crippen molar-refractivity contribution in [2.75, 3.05) is 13.7 Å². The lowest BCUT2D eigenvalue weighted by atomic mass is 10.1. The van der Waals surface area contributed by atoms with Crippen molar-refractivity contribution in [1.82, 2.24) is 9.88 Å². The van der Waals surface area contributed by atoms with E-state index in [-0.39, 0.29) is 24.2 Å². The van der Waals surface area contributed by atoms with E-state index in [1.807, 2.05) is 38.1 Å². The van der Waals surface area contributed by atoms with Crippen LogP contribution >= 0.6 is 11.3 Å². The van der Waals surface area contributed by atoms with E-state index in [1.165, 1.54) is 0 Å². The molecule has 1 aliphatic heterocycles. The molecule has 1 aromatic heterocycles. The molecular formula is C14H22N2O3S. The minimum absolute atomic E-state index is 0.0129. The maximum Gasteiger partial charge on any atom is 0.323 e. The standard InChI is InChI=1S/C14H22N2O3S/c1-5-18-10(3)13-15-11(8-20-13)7-16(4)12-6-9(2)19-14(12)17/h8-10,12H,5-7H2,1-4H3. The zero-order chi connectivity index (χ0) is 14.7. The number of aromatic nitrogens is 1. The number of esters is 1. The quantitative estimate of drug-likeness (QED) is 0.755. The lowest BCUT2D eigenvalue weighted by molar-refractivity contribution is -0.144. The third kappa shape index (κ3) is 3.56. The summed E-state index contributed by atoms with van der Waals surface area (Å²) < 4.78 is 10.7. The fraction of sp³-hybridized carbons (Fsp3) is 0.714. The first kappa shape index (κ1) is 15.4. The third-order valence-electron chi connectivity index (χ3n) is 3.42. The molecule has 0 N–H and O–H groups in total. The van der Waals surface area contributed by atoms with Crippen LogP contribution in [0.4, 0.5) is 0 Å². The SMILES string of the molecule is CCOC(C)c1nc(CN(C)C2CC(C)OC2=O)cs1. The van der Waals surface area contributed by atoms with Crippen LogP contribution in [0, 0.1) is 0 Å². The zero-order valence-electron chi connectivity index (χ0n) is 12.5. The van der Waals surface area contributed by atoms with Crippen molar-refractivity contribution in [1.29, 1.82) is 0 Å². The Labute approximate surface area is 123 Å². The van der Waals surface area contributed by atoms with Crippen LogP contribution in [0.5, 0.6) is 0 Å². The van der Waals surface area contributed by atoms with Gasteiger partial charge in [-0.2, -0.15) is 0 Å². The van der Waals surface area contributed by atoms with Gasteiger partial charge in [0.1, 0.15) is 23.3 Å². The van der Waals surface area contributed by atoms with E-state index in [0.717, 1.165) is 17.1 Å². The second kappa shape index (κ2) is 6.65. The first-order chi connectivity index (χ1) is 9.51. The number of likely N-dealkylation sites (N-methyl/N-ethyl adjacent to an activating group) is 1. The van der Waals surface area contributed by atoms with Gasteiger partial charge in [0.05, 0.1) is 5.69 Å². The average Bonchev–Trinajstić information content (AvgIpc) is 2.96. The monoisotopic (exact) mass is 298 g/mol. The Morgan fingerprint density at radius 3 is 3.00 bits per heavy atom. The van der Waals surface area contributed by atoms with Crippen molar-refractivity contribution in [3.63, 3.8) is 0 Å². The number of nitrogens with zero attached hydrogens (tertiary/aromatic N) is 2. The normalized spacial score (nSPS) is 24.1. The molecule has 0 radical (unpaired) electrons. The summed E-state index contributed by atoms with van der Waals surface area (Å²) in [6.45, 7) is 7.25. The third-order valence-corrected chi connectivity index (χ3v) is 4.48. The second-order valence-electron chi connectivity index (χ2n) is 5.19. The Morgan fingerprint density at radius 2 is 2.40 bits per heavy atom. The maximum atomic E-state index is 11.7. The van der Waals surface area contributed by atoms with Gasteiger partial charge in [-0.25, -0.2) is 4.98 Å². The summed E-state index contributed by atoms with van der Waals surface area (Å²) in [5.41, 5.74) is 0.978. The minimum atomic E-state index is -0.153. The molecule has 1 aromatic rings. The number of hydrogen-bond donors (Lipinski definition) is 0. The van der Waals surface area contributed by atoms with Crippen LogP contribution in [0.3, 0.4) is 0 Å². The molecule has 3 atom stereocenters. The fourth-order valence-electron chi connectivity index (χ4n) is 2.36. The zero-order valence-corrected chi connectivity index (χ0v) is 13.3. The van der Waals surface area contributed by atoms with Gasteiger partial charge in [-0.05, 0) is 27.8 Å². The van der Waals surface area contributed by atoms with Gasteiger partial charge in [0, 0.05) is 25.0 Å². The van der Waals surface area contributed by atoms with Crippen LogP contribution in [0.2, 0.25) is 0 Å². The Morgan fingerprint density at radius 1 is 1.65 bits per heavy atom. The van der Waals surface area contributed by atoms with Crippen LogP contribution in [0.15, 0.2) is 5.38 Å². The van der Waals surface area contributed by atoms with Crippen LogP contribution in [-0.2, 0) is 20.8 Å². The summed E-state index contributed by atoms with van der Waals surface area (Å²) in [6.07, 6.45) is 0.793. The topological polar surface area (TPSA) is 51.7 Å². The Bertz CT molecular complexity index is 463. The molecule has 6 heteroatoms. The Hall–Kier alpha value is -0.980. The van der Waals surface area contributed by atoms with E-state index in [9.17, 15) is 4.79 Å². The highest BCUT2D eigenvalue weighted by atomic mass is 32.1. The van der Waals surface area contributed by atoms with Crippen LogP contribution in [-0.4, -0.2) is 41.7 Å². The van der Waals surface area contributed by atoms with Crippen molar-refractivity contribution >= 4 is 17.3 Å². The van der Waals surface area contributed by atoms with Gasteiger partial charge in [0.25, 0.3) is 0 Å². The summed E-state index contributed by atoms with van der Waals surface area (Å²) in [5.74, 6) is -0.127. The fourth-order valence-corrected chi connectivity index (χ4v) is 3.18. The van der Waals surface area contributed by atoms with Gasteiger partial charge in [0.15, 0.2) is 0 Å². The highest BCUT2D eigenvalue weighted by molar-refractivity contribution is 7.09. The molecule has 0 aliphatic carbocycles. The number of cyclic esters (lactones) is 1. The number of rotatable bonds is 6. The van der Waals surface area contributed by atoms with Gasteiger partial charge in [0.2, 0.25) is 0 Å². The highest BCUT2D eigenvalue weighted by Gasteiger charge is 2.34. The molecule has 20 heavy (non-hydrogen) atoms. The predicted molar refractivity (Wildman–Crippen MR) is 77.6 cm³/mol. The average molecular weight is 298 g/mol. The number of carbonyl (C=O) groups excluding carboxylic acids is 1. The second-order valence-corrected chi connectivity index (χ2v) is 6.08. The molecular weight excluding hydrogens is 276 g/mol. The Kier molecular flexibility index (Phi) is 5.12. The molecule has 0 bridgehead atoms. The lowest BCUT2D eigenvalue weighted by Gasteiger charge is -2.19. The highest BCUT2D eigenvalue weighted by Crippen LogP contribution is 2.24. The summed E-state index contributed by atoms with van der Waals surface area (Å²) in [4.78, 5) is 18.3. The molecule has 0 spiro atoms. The largest absolute Gasteiger partial charge is 0.461 e. The van der Waals surface area contributed by atoms with Crippen molar-refractivity contribution in [3.8, 4) is 0 Å². The molecule has 1 fully saturated rings. The van der Waals surface area contributed by atoms with Gasteiger partial charge in [-0.3, -0.25) is 9.69 Å². The van der Waals surface area contributed by atoms with Crippen LogP contribution in [0.25, 0.3) is 0 Å². The molecule has 1 aliphatic rings. The van der Waals surface area contributed by atoms with Gasteiger partial charge < -0.3 is 9.47 Å². The molecule has 2 heterocycles. The lowest BCUT2D eigenvalue weighted by Crippen LogP contribution is -2.34. The van der Waals surface area contributed by atoms with Gasteiger partial charge in [-0.1, -0.05) is 0 Å². The molecule has 112 valence electrons. The summed E-state index contributed by atoms with van der Waals surface area (Å²) >= 11 is 1.60. The van der Waals surface area contributed by atoms with E-state index in [2.05, 4.69) is 4.98 Å². The number of ether oxygens (including phenoxy) is 2. The van der Waals surface area contributed by atoms with E-state index in [4.69, 9.17) is 9.47 Å². The molecule has 1 saturated heterocycles. The van der Waals surface area contributed by atoms with Crippen molar-refractivity contribution in [3.05, 3.63) is 16.1 Å². The molecule has 5 nitrogen and oxygen atoms in total. The molecule has 0 amide bonds. The smallest absolute Gasteiger partial charge is 0.323 e. The van der Waals surface area contributed by atoms with Gasteiger partial charge >= 0.3 is 5.97 Å². The predicted octanol–water partition coefficient (Wildman–Crippen LogP) is 2.38. The number of thiazole rings is 1. The number of hydrogen-bond acceptors (Lipinski definition) is 6. The van der Waals surface area contributed by atoms with E-state index >= 15 is 0 Å². The number of carbonyl (C=O) groups is 1. The molecule has 0 saturated carbocycles. The van der Waals surface area contributed by atoms with Crippen molar-refractivity contribution < 1.29 is 14.3 Å². The maximum absolute atomic E-state index is 11.7. The summed E-state index contributed by atoms with van der Waals surface area (Å²) in [7, 11) is 1.94. The van der Waals surface area contributed by atoms with Crippen LogP contribution in [0.1, 0.15) is 44.0 Å². The Balaban J connectivity index is 1.95. The molecule has 3 unspecified atom stereocenters. The molecule has 0 aromatic carbocycles. The first-order valence-electron chi connectivity index (χ1n) is 6.97. The minimum Gasteiger partial charge on any atom is -0.461 e. The summed E-state index contributed by atoms with van der Waals surface area (Å²) in [5, 5.41) is 3.02. The van der Waals surface area contributed by atoms with Gasteiger partial charge in [-0.15, -0.1) is 11.3 Å². The van der Waals surface area contributed by atoms with Crippen molar-refractivity contribution in [2.24, 2.45) is 0 Å².